The Morgan fingerprint density at radius 1 is 0.333 bits per heavy atom. The maximum Gasteiger partial charge on any atom is 0.306 e. The van der Waals surface area contributed by atoms with Crippen LogP contribution in [0.2, 0.25) is 0 Å². The second-order valence-electron chi connectivity index (χ2n) is 18.3. The first-order chi connectivity index (χ1) is 35.6. The highest BCUT2D eigenvalue weighted by molar-refractivity contribution is 5.70. The molecule has 0 aromatic heterocycles. The van der Waals surface area contributed by atoms with Gasteiger partial charge in [0.25, 0.3) is 0 Å². The molecule has 0 aliphatic carbocycles. The number of unbranched alkanes of at least 4 members (excludes halogenated alkanes) is 14. The van der Waals surface area contributed by atoms with Crippen LogP contribution >= 0.6 is 0 Å². The molecule has 1 atom stereocenters. The highest BCUT2D eigenvalue weighted by Crippen LogP contribution is 2.12. The van der Waals surface area contributed by atoms with Gasteiger partial charge in [0.15, 0.2) is 6.10 Å². The lowest BCUT2D eigenvalue weighted by Crippen LogP contribution is -2.28. The van der Waals surface area contributed by atoms with E-state index in [2.05, 4.69) is 184 Å². The van der Waals surface area contributed by atoms with Gasteiger partial charge in [-0.2, -0.15) is 0 Å². The number of ether oxygens (including phenoxy) is 2. The molecule has 0 fully saturated rings. The summed E-state index contributed by atoms with van der Waals surface area (Å²) < 4.78 is 10.7. The fraction of sp³-hybridized carbons (Fsp3) is 0.552. The van der Waals surface area contributed by atoms with Crippen molar-refractivity contribution in [2.75, 3.05) is 13.2 Å². The van der Waals surface area contributed by atoms with Gasteiger partial charge in [-0.15, -0.1) is 0 Å². The number of allylic oxidation sites excluding steroid dienone is 28. The molecule has 0 spiro atoms. The molecule has 0 saturated carbocycles. The standard InChI is InChI=1S/C67H104O5/c1-3-5-7-9-11-13-15-17-19-21-23-24-25-26-27-28-29-30-31-32-33-34-35-36-37-38-39-40-41-42-44-46-48-50-52-54-56-58-60-62-67(70)72-65(63-68)64-71-66(69)61-59-57-55-53-51-49-47-45-43-22-20-18-16-14-12-10-8-6-4-2/h5,7,11-14,17-20,23-24,26-27,29-30,32-33,35-36,38-39,41-43,45-46,48,65,68H,3-4,6,8-10,15-16,21-22,25,28,31,34,37,40,44,47,49-64H2,1-2H3/b7-5-,13-11-,14-12-,19-17-,20-18-,24-23-,27-26-,30-29-,33-32-,36-35-,39-38-,42-41-,45-43-,48-46-. The molecule has 1 N–H and O–H groups in total. The van der Waals surface area contributed by atoms with Crippen molar-refractivity contribution >= 4 is 11.9 Å². The molecule has 0 rings (SSSR count). The van der Waals surface area contributed by atoms with Crippen LogP contribution in [-0.4, -0.2) is 36.4 Å². The number of hydrogen-bond acceptors (Lipinski definition) is 5. The normalized spacial score (nSPS) is 13.5. The largest absolute Gasteiger partial charge is 0.462 e. The molecule has 0 bridgehead atoms. The molecule has 0 aliphatic heterocycles. The van der Waals surface area contributed by atoms with Crippen LogP contribution in [0.1, 0.15) is 219 Å². The van der Waals surface area contributed by atoms with Crippen LogP contribution in [0.15, 0.2) is 170 Å². The number of rotatable bonds is 50. The third kappa shape index (κ3) is 57.8. The van der Waals surface area contributed by atoms with E-state index in [1.165, 1.54) is 44.9 Å². The number of esters is 2. The van der Waals surface area contributed by atoms with E-state index in [1.54, 1.807) is 0 Å². The Labute approximate surface area is 443 Å². The Morgan fingerprint density at radius 3 is 0.903 bits per heavy atom. The van der Waals surface area contributed by atoms with Crippen molar-refractivity contribution in [3.05, 3.63) is 170 Å². The number of hydrogen-bond donors (Lipinski definition) is 1. The zero-order valence-corrected chi connectivity index (χ0v) is 45.9. The first-order valence-electron chi connectivity index (χ1n) is 28.7. The van der Waals surface area contributed by atoms with Gasteiger partial charge in [-0.25, -0.2) is 0 Å². The average molecular weight is 990 g/mol. The molecule has 0 amide bonds. The van der Waals surface area contributed by atoms with Gasteiger partial charge in [0.05, 0.1) is 6.61 Å². The second kappa shape index (κ2) is 60.6. The summed E-state index contributed by atoms with van der Waals surface area (Å²) in [5, 5.41) is 9.64. The first kappa shape index (κ1) is 67.3. The maximum absolute atomic E-state index is 12.3. The molecule has 72 heavy (non-hydrogen) atoms. The van der Waals surface area contributed by atoms with Crippen LogP contribution in [0.5, 0.6) is 0 Å². The lowest BCUT2D eigenvalue weighted by molar-refractivity contribution is -0.161. The minimum absolute atomic E-state index is 0.0917. The van der Waals surface area contributed by atoms with Gasteiger partial charge in [-0.3, -0.25) is 9.59 Å². The third-order valence-electron chi connectivity index (χ3n) is 11.5. The van der Waals surface area contributed by atoms with Crippen LogP contribution < -0.4 is 0 Å². The quantitative estimate of drug-likeness (QED) is 0.0373. The number of carbonyl (C=O) groups is 2. The lowest BCUT2D eigenvalue weighted by atomic mass is 10.1. The minimum Gasteiger partial charge on any atom is -0.462 e. The van der Waals surface area contributed by atoms with Gasteiger partial charge in [-0.05, 0) is 135 Å². The Hall–Kier alpha value is -4.74. The van der Waals surface area contributed by atoms with Gasteiger partial charge in [0.2, 0.25) is 0 Å². The van der Waals surface area contributed by atoms with E-state index in [4.69, 9.17) is 9.47 Å². The van der Waals surface area contributed by atoms with Crippen molar-refractivity contribution in [1.29, 1.82) is 0 Å². The number of aliphatic hydroxyl groups is 1. The van der Waals surface area contributed by atoms with E-state index < -0.39 is 6.10 Å². The molecule has 1 unspecified atom stereocenters. The molecule has 5 nitrogen and oxygen atoms in total. The fourth-order valence-electron chi connectivity index (χ4n) is 7.21. The molecule has 402 valence electrons. The molecular formula is C67H104O5. The fourth-order valence-corrected chi connectivity index (χ4v) is 7.21. The van der Waals surface area contributed by atoms with Crippen molar-refractivity contribution in [3.8, 4) is 0 Å². The third-order valence-corrected chi connectivity index (χ3v) is 11.5. The smallest absolute Gasteiger partial charge is 0.306 e. The maximum atomic E-state index is 12.3. The molecular weight excluding hydrogens is 885 g/mol. The van der Waals surface area contributed by atoms with Crippen molar-refractivity contribution < 1.29 is 24.2 Å². The lowest BCUT2D eigenvalue weighted by Gasteiger charge is -2.15. The Morgan fingerprint density at radius 2 is 0.597 bits per heavy atom. The van der Waals surface area contributed by atoms with Gasteiger partial charge >= 0.3 is 11.9 Å². The summed E-state index contributed by atoms with van der Waals surface area (Å²) >= 11 is 0. The topological polar surface area (TPSA) is 72.8 Å². The minimum atomic E-state index is -0.802. The zero-order chi connectivity index (χ0) is 52.0. The second-order valence-corrected chi connectivity index (χ2v) is 18.3. The van der Waals surface area contributed by atoms with E-state index in [0.29, 0.717) is 12.8 Å². The molecule has 0 radical (unpaired) electrons. The van der Waals surface area contributed by atoms with Gasteiger partial charge < -0.3 is 14.6 Å². The monoisotopic (exact) mass is 989 g/mol. The molecule has 0 aromatic carbocycles. The summed E-state index contributed by atoms with van der Waals surface area (Å²) in [5.74, 6) is -0.640. The van der Waals surface area contributed by atoms with E-state index in [9.17, 15) is 14.7 Å². The molecule has 0 saturated heterocycles. The SMILES string of the molecule is CC/C=C\C/C=C\C/C=C\C/C=C\C/C=C\C/C=C\C/C=C\C/C=C\C/C=C\C/C=C\C/C=C\CCCCCCCC(=O)OC(CO)COC(=O)CCCCCCCC/C=C\C/C=C\C/C=C\CCCCC. The van der Waals surface area contributed by atoms with Crippen molar-refractivity contribution in [3.63, 3.8) is 0 Å². The molecule has 0 heterocycles. The van der Waals surface area contributed by atoms with Crippen LogP contribution in [0.25, 0.3) is 0 Å². The summed E-state index contributed by atoms with van der Waals surface area (Å²) in [7, 11) is 0. The summed E-state index contributed by atoms with van der Waals surface area (Å²) in [5.41, 5.74) is 0. The van der Waals surface area contributed by atoms with E-state index in [0.717, 1.165) is 148 Å². The highest BCUT2D eigenvalue weighted by Gasteiger charge is 2.16. The molecule has 5 heteroatoms. The Balaban J connectivity index is 3.68. The van der Waals surface area contributed by atoms with Crippen molar-refractivity contribution in [1.82, 2.24) is 0 Å². The van der Waals surface area contributed by atoms with Crippen LogP contribution in [0, 0.1) is 0 Å². The first-order valence-corrected chi connectivity index (χ1v) is 28.7. The van der Waals surface area contributed by atoms with E-state index in [-0.39, 0.29) is 25.2 Å². The summed E-state index contributed by atoms with van der Waals surface area (Å²) in [6, 6.07) is 0. The highest BCUT2D eigenvalue weighted by atomic mass is 16.6. The summed E-state index contributed by atoms with van der Waals surface area (Å²) in [6.45, 7) is 3.96. The summed E-state index contributed by atoms with van der Waals surface area (Å²) in [6.07, 6.45) is 94.5. The number of aliphatic hydroxyl groups excluding tert-OH is 1. The van der Waals surface area contributed by atoms with Gasteiger partial charge in [-0.1, -0.05) is 242 Å². The van der Waals surface area contributed by atoms with Gasteiger partial charge in [0, 0.05) is 12.8 Å². The number of carbonyl (C=O) groups excluding carboxylic acids is 2. The predicted octanol–water partition coefficient (Wildman–Crippen LogP) is 19.7. The predicted molar refractivity (Wildman–Crippen MR) is 315 cm³/mol. The Kier molecular flexibility index (Phi) is 56.6. The van der Waals surface area contributed by atoms with Crippen LogP contribution in [0.3, 0.4) is 0 Å². The van der Waals surface area contributed by atoms with Crippen LogP contribution in [-0.2, 0) is 19.1 Å². The molecule has 0 aliphatic rings. The van der Waals surface area contributed by atoms with Crippen LogP contribution in [0.4, 0.5) is 0 Å². The van der Waals surface area contributed by atoms with Crippen molar-refractivity contribution in [2.45, 2.75) is 225 Å². The van der Waals surface area contributed by atoms with E-state index >= 15 is 0 Å². The summed E-state index contributed by atoms with van der Waals surface area (Å²) in [4.78, 5) is 24.5. The van der Waals surface area contributed by atoms with Gasteiger partial charge in [0.1, 0.15) is 6.61 Å². The molecule has 0 aromatic rings. The Bertz CT molecular complexity index is 1640. The zero-order valence-electron chi connectivity index (χ0n) is 45.9. The van der Waals surface area contributed by atoms with Crippen molar-refractivity contribution in [2.24, 2.45) is 0 Å². The van der Waals surface area contributed by atoms with E-state index in [1.807, 2.05) is 0 Å². The average Bonchev–Trinajstić information content (AvgIpc) is 3.38.